The first-order chi connectivity index (χ1) is 12.4. The van der Waals surface area contributed by atoms with Crippen molar-refractivity contribution < 1.29 is 18.0 Å². The Morgan fingerprint density at radius 1 is 1.12 bits per heavy atom. The Hall–Kier alpha value is -3.27. The van der Waals surface area contributed by atoms with Crippen molar-refractivity contribution in [1.82, 2.24) is 20.6 Å². The minimum absolute atomic E-state index is 0.0827. The summed E-state index contributed by atoms with van der Waals surface area (Å²) in [5.41, 5.74) is 5.00. The van der Waals surface area contributed by atoms with Gasteiger partial charge in [-0.05, 0) is 31.2 Å². The average molecular weight is 373 g/mol. The molecule has 0 spiro atoms. The number of pyridine rings is 1. The van der Waals surface area contributed by atoms with E-state index < -0.39 is 27.9 Å². The van der Waals surface area contributed by atoms with Crippen molar-refractivity contribution in [3.05, 3.63) is 59.9 Å². The molecule has 2 amide bonds. The maximum atomic E-state index is 12.1. The van der Waals surface area contributed by atoms with E-state index in [2.05, 4.69) is 25.6 Å². The van der Waals surface area contributed by atoms with E-state index in [9.17, 15) is 18.0 Å². The highest BCUT2D eigenvalue weighted by Gasteiger charge is 2.31. The van der Waals surface area contributed by atoms with Crippen molar-refractivity contribution in [2.24, 2.45) is 4.99 Å². The van der Waals surface area contributed by atoms with E-state index in [0.717, 1.165) is 0 Å². The van der Waals surface area contributed by atoms with Crippen LogP contribution in [0.15, 0.2) is 58.5 Å². The number of hydrogen-bond acceptors (Lipinski definition) is 6. The molecule has 1 aromatic carbocycles. The number of hydrazine groups is 1. The second-order valence-electron chi connectivity index (χ2n) is 5.41. The molecule has 0 unspecified atom stereocenters. The summed E-state index contributed by atoms with van der Waals surface area (Å²) in [6, 6.07) is 10.2. The van der Waals surface area contributed by atoms with Gasteiger partial charge in [-0.1, -0.05) is 18.2 Å². The zero-order valence-corrected chi connectivity index (χ0v) is 14.4. The van der Waals surface area contributed by atoms with E-state index >= 15 is 0 Å². The average Bonchev–Trinajstić information content (AvgIpc) is 2.90. The molecule has 26 heavy (non-hydrogen) atoms. The molecule has 0 saturated heterocycles. The number of aromatic nitrogens is 1. The molecule has 0 aliphatic carbocycles. The first-order valence-corrected chi connectivity index (χ1v) is 9.08. The summed E-state index contributed by atoms with van der Waals surface area (Å²) in [6.45, 7) is 1.48. The van der Waals surface area contributed by atoms with Gasteiger partial charge in [-0.3, -0.25) is 35.1 Å². The topological polar surface area (TPSA) is 130 Å². The van der Waals surface area contributed by atoms with Crippen molar-refractivity contribution in [1.29, 1.82) is 0 Å². The van der Waals surface area contributed by atoms with Crippen LogP contribution >= 0.6 is 0 Å². The molecule has 2 heterocycles. The Morgan fingerprint density at radius 2 is 1.85 bits per heavy atom. The third-order valence-corrected chi connectivity index (χ3v) is 4.96. The van der Waals surface area contributed by atoms with Crippen LogP contribution in [0.1, 0.15) is 23.0 Å². The van der Waals surface area contributed by atoms with Gasteiger partial charge < -0.3 is 0 Å². The Labute approximate surface area is 149 Å². The third kappa shape index (κ3) is 3.54. The van der Waals surface area contributed by atoms with Gasteiger partial charge in [0.15, 0.2) is 0 Å². The third-order valence-electron chi connectivity index (χ3n) is 3.56. The van der Waals surface area contributed by atoms with E-state index in [1.807, 2.05) is 0 Å². The molecule has 1 atom stereocenters. The van der Waals surface area contributed by atoms with Gasteiger partial charge >= 0.3 is 0 Å². The van der Waals surface area contributed by atoms with Gasteiger partial charge in [0.05, 0.1) is 4.90 Å². The zero-order valence-electron chi connectivity index (χ0n) is 13.6. The summed E-state index contributed by atoms with van der Waals surface area (Å²) in [5, 5.41) is 0. The Balaban J connectivity index is 1.68. The molecule has 1 aliphatic heterocycles. The highest BCUT2D eigenvalue weighted by atomic mass is 32.2. The summed E-state index contributed by atoms with van der Waals surface area (Å²) >= 11 is 0. The molecule has 9 nitrogen and oxygen atoms in total. The largest absolute Gasteiger partial charge is 0.288 e. The Morgan fingerprint density at radius 3 is 2.58 bits per heavy atom. The van der Waals surface area contributed by atoms with E-state index in [4.69, 9.17) is 0 Å². The van der Waals surface area contributed by atoms with Gasteiger partial charge in [-0.25, -0.2) is 8.42 Å². The molecule has 1 aliphatic rings. The number of fused-ring (bicyclic) bond motifs is 1. The molecular formula is C16H15N5O4S. The van der Waals surface area contributed by atoms with Gasteiger partial charge in [0.2, 0.25) is 0 Å². The van der Waals surface area contributed by atoms with E-state index in [1.165, 1.54) is 25.3 Å². The number of carbonyl (C=O) groups excluding carboxylic acids is 2. The van der Waals surface area contributed by atoms with Crippen LogP contribution in [0.25, 0.3) is 0 Å². The summed E-state index contributed by atoms with van der Waals surface area (Å²) < 4.78 is 26.4. The molecule has 0 saturated carbocycles. The highest BCUT2D eigenvalue weighted by Crippen LogP contribution is 2.22. The van der Waals surface area contributed by atoms with Crippen LogP contribution in [-0.4, -0.2) is 37.1 Å². The van der Waals surface area contributed by atoms with Crippen LogP contribution in [0.4, 0.5) is 0 Å². The normalized spacial score (nSPS) is 17.0. The van der Waals surface area contributed by atoms with Gasteiger partial charge in [0, 0.05) is 11.8 Å². The molecule has 134 valence electrons. The van der Waals surface area contributed by atoms with Gasteiger partial charge in [0.25, 0.3) is 21.8 Å². The van der Waals surface area contributed by atoms with E-state index in [-0.39, 0.29) is 16.4 Å². The fraction of sp³-hybridized carbons (Fsp3) is 0.125. The molecule has 0 fully saturated rings. The second-order valence-corrected chi connectivity index (χ2v) is 7.06. The Kier molecular flexibility index (Phi) is 4.67. The number of carbonyl (C=O) groups is 2. The highest BCUT2D eigenvalue weighted by molar-refractivity contribution is 7.90. The van der Waals surface area contributed by atoms with Crippen LogP contribution in [0.2, 0.25) is 0 Å². The van der Waals surface area contributed by atoms with Crippen LogP contribution in [-0.2, 0) is 14.8 Å². The summed E-state index contributed by atoms with van der Waals surface area (Å²) in [6.07, 6.45) is 1.45. The fourth-order valence-corrected chi connectivity index (χ4v) is 3.51. The first-order valence-electron chi connectivity index (χ1n) is 7.60. The van der Waals surface area contributed by atoms with Gasteiger partial charge in [0.1, 0.15) is 17.6 Å². The van der Waals surface area contributed by atoms with Gasteiger partial charge in [-0.2, -0.15) is 0 Å². The van der Waals surface area contributed by atoms with E-state index in [0.29, 0.717) is 5.56 Å². The van der Waals surface area contributed by atoms with Crippen LogP contribution < -0.4 is 15.6 Å². The van der Waals surface area contributed by atoms with Crippen molar-refractivity contribution in [2.45, 2.75) is 17.9 Å². The number of hydrogen-bond donors (Lipinski definition) is 3. The molecule has 10 heteroatoms. The smallest absolute Gasteiger partial charge is 0.271 e. The maximum Gasteiger partial charge on any atom is 0.288 e. The molecule has 3 rings (SSSR count). The predicted octanol–water partition coefficient (Wildman–Crippen LogP) is -0.0302. The number of amidine groups is 1. The fourth-order valence-electron chi connectivity index (χ4n) is 2.27. The van der Waals surface area contributed by atoms with Crippen molar-refractivity contribution in [2.75, 3.05) is 0 Å². The molecule has 0 bridgehead atoms. The van der Waals surface area contributed by atoms with E-state index in [1.54, 1.807) is 30.3 Å². The summed E-state index contributed by atoms with van der Waals surface area (Å²) in [5.74, 6) is -1.10. The zero-order chi connectivity index (χ0) is 18.7. The quantitative estimate of drug-likeness (QED) is 0.651. The number of aliphatic imine (C=N–C) groups is 1. The monoisotopic (exact) mass is 373 g/mol. The Bertz CT molecular complexity index is 989. The molecule has 3 N–H and O–H groups in total. The van der Waals surface area contributed by atoms with Crippen molar-refractivity contribution in [3.63, 3.8) is 0 Å². The number of amides is 2. The van der Waals surface area contributed by atoms with Gasteiger partial charge in [-0.15, -0.1) is 0 Å². The molecule has 1 aromatic heterocycles. The molecule has 2 aromatic rings. The number of sulfonamides is 1. The second kappa shape index (κ2) is 6.92. The van der Waals surface area contributed by atoms with Crippen LogP contribution in [0.5, 0.6) is 0 Å². The lowest BCUT2D eigenvalue weighted by Crippen LogP contribution is -2.45. The summed E-state index contributed by atoms with van der Waals surface area (Å²) in [7, 11) is -3.68. The lowest BCUT2D eigenvalue weighted by atomic mass is 10.2. The number of nitrogens with one attached hydrogen (secondary N) is 3. The minimum Gasteiger partial charge on any atom is -0.271 e. The lowest BCUT2D eigenvalue weighted by Gasteiger charge is -2.10. The maximum absolute atomic E-state index is 12.1. The first kappa shape index (κ1) is 17.5. The molecule has 0 radical (unpaired) electrons. The predicted molar refractivity (Wildman–Crippen MR) is 92.6 cm³/mol. The number of benzene rings is 1. The minimum atomic E-state index is -3.68. The van der Waals surface area contributed by atoms with Crippen LogP contribution in [0, 0.1) is 0 Å². The standard InChI is InChI=1S/C16H15N5O4S/c1-10(15(22)19-20-16(23)12-7-4-5-9-17-12)18-14-11-6-2-3-8-13(11)26(24,25)21-14/h2-10H,1H3,(H,18,21)(H,19,22)(H,20,23)/t10-/m0/s1. The summed E-state index contributed by atoms with van der Waals surface area (Å²) in [4.78, 5) is 32.0. The van der Waals surface area contributed by atoms with Crippen molar-refractivity contribution in [3.8, 4) is 0 Å². The number of nitrogens with zero attached hydrogens (tertiary/aromatic N) is 2. The number of rotatable bonds is 3. The SMILES string of the molecule is C[C@H](N=C1NS(=O)(=O)c2ccccc21)C(=O)NNC(=O)c1ccccn1. The van der Waals surface area contributed by atoms with Crippen LogP contribution in [0.3, 0.4) is 0 Å². The molecular weight excluding hydrogens is 358 g/mol. The van der Waals surface area contributed by atoms with Crippen molar-refractivity contribution >= 4 is 27.7 Å². The lowest BCUT2D eigenvalue weighted by molar-refractivity contribution is -0.122.